The molecule has 3 aromatic rings. The van der Waals surface area contributed by atoms with Gasteiger partial charge in [0.05, 0.1) is 19.2 Å². The Balaban J connectivity index is 1.38. The fraction of sp³-hybridized carbons (Fsp3) is 0.382. The number of nitriles is 1. The van der Waals surface area contributed by atoms with Gasteiger partial charge in [0.2, 0.25) is 5.88 Å². The smallest absolute Gasteiger partial charge is 0.303 e. The molecule has 1 aromatic heterocycles. The predicted molar refractivity (Wildman–Crippen MR) is 170 cm³/mol. The van der Waals surface area contributed by atoms with Crippen molar-refractivity contribution in [2.75, 3.05) is 13.7 Å². The summed E-state index contributed by atoms with van der Waals surface area (Å²) in [6.45, 7) is 4.09. The summed E-state index contributed by atoms with van der Waals surface area (Å²) in [6, 6.07) is 14.6. The number of allylic oxidation sites excluding steroid dienone is 1. The van der Waals surface area contributed by atoms with E-state index in [-0.39, 0.29) is 18.1 Å². The molecule has 0 amide bonds. The lowest BCUT2D eigenvalue weighted by molar-refractivity contribution is -0.270. The van der Waals surface area contributed by atoms with Crippen LogP contribution in [0, 0.1) is 11.3 Å². The third-order valence-corrected chi connectivity index (χ3v) is 7.81. The molecule has 5 rings (SSSR count). The molecule has 1 unspecified atom stereocenters. The van der Waals surface area contributed by atoms with Gasteiger partial charge < -0.3 is 43.6 Å². The number of ether oxygens (including phenoxy) is 8. The number of rotatable bonds is 11. The SMILES string of the molecule is COc1ccc(C2C(C#N)=C(N)Oc3cc(OCc4cn([C@@H]5O[C@H](COC(C)=O)[C@@H](OC(C)=O)[C@H](OC(C)=O)[C@H]5OC(C)=O)nn4)ccc32)cc1. The number of esters is 4. The maximum Gasteiger partial charge on any atom is 0.303 e. The number of hydrogen-bond acceptors (Lipinski definition) is 16. The van der Waals surface area contributed by atoms with Crippen LogP contribution in [0.4, 0.5) is 0 Å². The van der Waals surface area contributed by atoms with Crippen LogP contribution in [0.2, 0.25) is 0 Å². The minimum atomic E-state index is -1.38. The summed E-state index contributed by atoms with van der Waals surface area (Å²) in [4.78, 5) is 48.0. The number of nitrogens with two attached hydrogens (primary N) is 1. The van der Waals surface area contributed by atoms with E-state index in [1.807, 2.05) is 12.1 Å². The van der Waals surface area contributed by atoms with Crippen LogP contribution >= 0.6 is 0 Å². The molecule has 1 saturated heterocycles. The van der Waals surface area contributed by atoms with Gasteiger partial charge in [-0.05, 0) is 23.8 Å². The normalized spacial score (nSPS) is 22.4. The van der Waals surface area contributed by atoms with E-state index in [2.05, 4.69) is 16.4 Å². The van der Waals surface area contributed by atoms with Crippen molar-refractivity contribution in [1.29, 1.82) is 5.26 Å². The van der Waals surface area contributed by atoms with Crippen molar-refractivity contribution in [3.63, 3.8) is 0 Å². The molecule has 0 saturated carbocycles. The van der Waals surface area contributed by atoms with Crippen molar-refractivity contribution in [2.24, 2.45) is 5.73 Å². The number of benzene rings is 2. The molecule has 0 aliphatic carbocycles. The van der Waals surface area contributed by atoms with Crippen LogP contribution in [0.3, 0.4) is 0 Å². The maximum atomic E-state index is 12.2. The summed E-state index contributed by atoms with van der Waals surface area (Å²) in [5.74, 6) is -1.98. The summed E-state index contributed by atoms with van der Waals surface area (Å²) in [6.07, 6.45) is -5.05. The van der Waals surface area contributed by atoms with Crippen LogP contribution in [0.1, 0.15) is 56.7 Å². The van der Waals surface area contributed by atoms with Gasteiger partial charge >= 0.3 is 23.9 Å². The second-order valence-corrected chi connectivity index (χ2v) is 11.5. The number of fused-ring (bicyclic) bond motifs is 1. The number of aromatic nitrogens is 3. The van der Waals surface area contributed by atoms with Crippen molar-refractivity contribution in [3.05, 3.63) is 76.9 Å². The monoisotopic (exact) mass is 705 g/mol. The summed E-state index contributed by atoms with van der Waals surface area (Å²) in [5.41, 5.74) is 8.25. The Labute approximate surface area is 291 Å². The van der Waals surface area contributed by atoms with E-state index in [0.29, 0.717) is 28.5 Å². The zero-order valence-electron chi connectivity index (χ0n) is 28.3. The topological polar surface area (TPSA) is 223 Å². The number of carbonyl (C=O) groups is 4. The molecule has 6 atom stereocenters. The Bertz CT molecular complexity index is 1870. The second kappa shape index (κ2) is 15.6. The van der Waals surface area contributed by atoms with Gasteiger partial charge in [-0.15, -0.1) is 5.10 Å². The third-order valence-electron chi connectivity index (χ3n) is 7.81. The molecule has 17 heteroatoms. The number of hydrogen-bond donors (Lipinski definition) is 1. The van der Waals surface area contributed by atoms with E-state index in [4.69, 9.17) is 43.6 Å². The Morgan fingerprint density at radius 1 is 0.902 bits per heavy atom. The average molecular weight is 706 g/mol. The highest BCUT2D eigenvalue weighted by Crippen LogP contribution is 2.44. The third kappa shape index (κ3) is 8.36. The van der Waals surface area contributed by atoms with Gasteiger partial charge in [0, 0.05) is 39.3 Å². The molecule has 17 nitrogen and oxygen atoms in total. The fourth-order valence-electron chi connectivity index (χ4n) is 5.74. The molecule has 2 aliphatic heterocycles. The van der Waals surface area contributed by atoms with Crippen molar-refractivity contribution in [2.45, 2.75) is 70.9 Å². The summed E-state index contributed by atoms with van der Waals surface area (Å²) in [5, 5.41) is 18.1. The number of nitrogens with zero attached hydrogens (tertiary/aromatic N) is 4. The molecule has 0 radical (unpaired) electrons. The van der Waals surface area contributed by atoms with Crippen LogP contribution in [0.25, 0.3) is 0 Å². The zero-order valence-corrected chi connectivity index (χ0v) is 28.3. The van der Waals surface area contributed by atoms with Gasteiger partial charge in [0.1, 0.15) is 53.9 Å². The van der Waals surface area contributed by atoms with Crippen LogP contribution in [-0.2, 0) is 49.5 Å². The minimum absolute atomic E-state index is 0.0317. The molecule has 3 heterocycles. The van der Waals surface area contributed by atoms with Crippen molar-refractivity contribution in [1.82, 2.24) is 15.0 Å². The molecule has 268 valence electrons. The maximum absolute atomic E-state index is 12.2. The van der Waals surface area contributed by atoms with Gasteiger partial charge in [0.15, 0.2) is 24.5 Å². The summed E-state index contributed by atoms with van der Waals surface area (Å²) in [7, 11) is 1.57. The summed E-state index contributed by atoms with van der Waals surface area (Å²) >= 11 is 0. The van der Waals surface area contributed by atoms with Crippen LogP contribution in [0.5, 0.6) is 17.2 Å². The first-order chi connectivity index (χ1) is 24.4. The minimum Gasteiger partial charge on any atom is -0.497 e. The van der Waals surface area contributed by atoms with Crippen molar-refractivity contribution < 1.29 is 57.1 Å². The number of carbonyl (C=O) groups excluding carboxylic acids is 4. The first-order valence-corrected chi connectivity index (χ1v) is 15.6. The summed E-state index contributed by atoms with van der Waals surface area (Å²) < 4.78 is 45.9. The van der Waals surface area contributed by atoms with E-state index in [0.717, 1.165) is 26.3 Å². The van der Waals surface area contributed by atoms with Gasteiger partial charge in [-0.3, -0.25) is 19.2 Å². The molecule has 0 spiro atoms. The molecule has 1 fully saturated rings. The number of methoxy groups -OCH3 is 1. The van der Waals surface area contributed by atoms with E-state index < -0.39 is 67.0 Å². The van der Waals surface area contributed by atoms with Gasteiger partial charge in [-0.25, -0.2) is 4.68 Å². The lowest BCUT2D eigenvalue weighted by atomic mass is 9.83. The van der Waals surface area contributed by atoms with E-state index >= 15 is 0 Å². The fourth-order valence-corrected chi connectivity index (χ4v) is 5.74. The van der Waals surface area contributed by atoms with Crippen LogP contribution < -0.4 is 19.9 Å². The van der Waals surface area contributed by atoms with E-state index in [1.54, 1.807) is 37.4 Å². The largest absolute Gasteiger partial charge is 0.497 e. The molecule has 2 N–H and O–H groups in total. The highest BCUT2D eigenvalue weighted by atomic mass is 16.7. The first-order valence-electron chi connectivity index (χ1n) is 15.6. The Morgan fingerprint density at radius 2 is 1.55 bits per heavy atom. The molecular formula is C34H35N5O12. The molecule has 51 heavy (non-hydrogen) atoms. The second-order valence-electron chi connectivity index (χ2n) is 11.5. The van der Waals surface area contributed by atoms with E-state index in [1.165, 1.54) is 17.8 Å². The highest BCUT2D eigenvalue weighted by Gasteiger charge is 2.53. The highest BCUT2D eigenvalue weighted by molar-refractivity contribution is 5.69. The molecular weight excluding hydrogens is 670 g/mol. The lowest BCUT2D eigenvalue weighted by Crippen LogP contribution is -2.60. The Morgan fingerprint density at radius 3 is 2.18 bits per heavy atom. The van der Waals surface area contributed by atoms with E-state index in [9.17, 15) is 24.4 Å². The first kappa shape index (κ1) is 36.1. The van der Waals surface area contributed by atoms with Crippen molar-refractivity contribution in [3.8, 4) is 23.3 Å². The van der Waals surface area contributed by atoms with Crippen LogP contribution in [-0.4, -0.2) is 77.0 Å². The Hall–Kier alpha value is -6.15. The quantitative estimate of drug-likeness (QED) is 0.223. The van der Waals surface area contributed by atoms with Gasteiger partial charge in [0.25, 0.3) is 0 Å². The van der Waals surface area contributed by atoms with Crippen LogP contribution in [0.15, 0.2) is 60.1 Å². The zero-order chi connectivity index (χ0) is 36.8. The molecule has 0 bridgehead atoms. The lowest BCUT2D eigenvalue weighted by Gasteiger charge is -2.44. The van der Waals surface area contributed by atoms with Crippen molar-refractivity contribution >= 4 is 23.9 Å². The van der Waals surface area contributed by atoms with Gasteiger partial charge in [-0.2, -0.15) is 5.26 Å². The standard InChI is InChI=1S/C34H35N5O12/c1-17(40)45-16-28-30(47-18(2)41)31(48-19(3)42)32(49-20(4)43)34(51-28)39-14-22(37-38-39)15-46-24-10-11-25-27(12-24)50-33(36)26(13-35)29(25)21-6-8-23(44-5)9-7-21/h6-12,14,28-32,34H,15-16,36H2,1-5H3/t28-,29?,30-,31+,32-,34-/m1/s1. The Kier molecular flexibility index (Phi) is 11.1. The molecule has 2 aromatic carbocycles. The van der Waals surface area contributed by atoms with Gasteiger partial charge in [-0.1, -0.05) is 23.4 Å². The average Bonchev–Trinajstić information content (AvgIpc) is 3.56. The molecule has 2 aliphatic rings. The predicted octanol–water partition coefficient (Wildman–Crippen LogP) is 2.34.